The Bertz CT molecular complexity index is 362. The van der Waals surface area contributed by atoms with Crippen LogP contribution in [-0.4, -0.2) is 25.7 Å². The van der Waals surface area contributed by atoms with Gasteiger partial charge in [-0.25, -0.2) is 0 Å². The summed E-state index contributed by atoms with van der Waals surface area (Å²) in [6, 6.07) is 11.7. The van der Waals surface area contributed by atoms with Gasteiger partial charge in [0.2, 0.25) is 0 Å². The molecule has 2 atom stereocenters. The van der Waals surface area contributed by atoms with Crippen LogP contribution in [0.15, 0.2) is 30.3 Å². The third-order valence-electron chi connectivity index (χ3n) is 4.44. The monoisotopic (exact) mass is 280 g/mol. The second-order valence-electron chi connectivity index (χ2n) is 5.80. The van der Waals surface area contributed by atoms with Crippen molar-refractivity contribution in [2.75, 3.05) is 19.6 Å². The Morgan fingerprint density at radius 1 is 1.11 bits per heavy atom. The molecule has 3 rings (SSSR count). The minimum atomic E-state index is 0. The zero-order valence-corrected chi connectivity index (χ0v) is 12.3. The lowest BCUT2D eigenvalue weighted by atomic mass is 9.95. The summed E-state index contributed by atoms with van der Waals surface area (Å²) < 4.78 is 0. The highest BCUT2D eigenvalue weighted by molar-refractivity contribution is 5.85. The Labute approximate surface area is 122 Å². The minimum Gasteiger partial charge on any atom is -0.317 e. The topological polar surface area (TPSA) is 24.1 Å². The van der Waals surface area contributed by atoms with Gasteiger partial charge in [-0.3, -0.25) is 0 Å². The summed E-state index contributed by atoms with van der Waals surface area (Å²) in [6.45, 7) is 3.65. The molecule has 106 valence electrons. The van der Waals surface area contributed by atoms with Crippen LogP contribution in [0.25, 0.3) is 0 Å². The highest BCUT2D eigenvalue weighted by atomic mass is 35.5. The number of halogens is 1. The molecule has 1 aromatic carbocycles. The van der Waals surface area contributed by atoms with Crippen LogP contribution in [0, 0.1) is 5.92 Å². The Kier molecular flexibility index (Phi) is 5.68. The summed E-state index contributed by atoms with van der Waals surface area (Å²) in [4.78, 5) is 0. The lowest BCUT2D eigenvalue weighted by molar-refractivity contribution is 0.347. The molecule has 0 bridgehead atoms. The number of hydrogen-bond acceptors (Lipinski definition) is 2. The first-order valence-corrected chi connectivity index (χ1v) is 7.42. The Morgan fingerprint density at radius 3 is 2.58 bits per heavy atom. The normalized spacial score (nSPS) is 26.7. The first-order chi connectivity index (χ1) is 8.93. The first-order valence-electron chi connectivity index (χ1n) is 7.42. The SMILES string of the molecule is Cl.c1ccc(C2CC2NCCC2CCNCC2)cc1. The van der Waals surface area contributed by atoms with Crippen molar-refractivity contribution in [1.29, 1.82) is 0 Å². The van der Waals surface area contributed by atoms with Gasteiger partial charge >= 0.3 is 0 Å². The van der Waals surface area contributed by atoms with Gasteiger partial charge in [0.25, 0.3) is 0 Å². The van der Waals surface area contributed by atoms with Crippen LogP contribution in [-0.2, 0) is 0 Å². The van der Waals surface area contributed by atoms with Crippen molar-refractivity contribution in [1.82, 2.24) is 10.6 Å². The fourth-order valence-corrected chi connectivity index (χ4v) is 3.13. The number of rotatable bonds is 5. The average Bonchev–Trinajstić information content (AvgIpc) is 3.21. The third-order valence-corrected chi connectivity index (χ3v) is 4.44. The summed E-state index contributed by atoms with van der Waals surface area (Å²) in [5.74, 6) is 1.73. The molecule has 2 N–H and O–H groups in total. The van der Waals surface area contributed by atoms with Crippen LogP contribution in [0.3, 0.4) is 0 Å². The van der Waals surface area contributed by atoms with E-state index < -0.39 is 0 Å². The second kappa shape index (κ2) is 7.28. The van der Waals surface area contributed by atoms with E-state index in [0.29, 0.717) is 0 Å². The van der Waals surface area contributed by atoms with E-state index in [1.165, 1.54) is 50.9 Å². The van der Waals surface area contributed by atoms with E-state index in [2.05, 4.69) is 41.0 Å². The molecule has 2 unspecified atom stereocenters. The van der Waals surface area contributed by atoms with E-state index in [9.17, 15) is 0 Å². The van der Waals surface area contributed by atoms with Gasteiger partial charge < -0.3 is 10.6 Å². The Morgan fingerprint density at radius 2 is 1.84 bits per heavy atom. The molecule has 0 spiro atoms. The van der Waals surface area contributed by atoms with Crippen molar-refractivity contribution < 1.29 is 0 Å². The molecule has 1 saturated carbocycles. The summed E-state index contributed by atoms with van der Waals surface area (Å²) in [6.07, 6.45) is 5.43. The highest BCUT2D eigenvalue weighted by Crippen LogP contribution is 2.40. The van der Waals surface area contributed by atoms with E-state index in [1.54, 1.807) is 0 Å². The van der Waals surface area contributed by atoms with Crippen LogP contribution >= 0.6 is 12.4 Å². The van der Waals surface area contributed by atoms with Gasteiger partial charge in [0.15, 0.2) is 0 Å². The van der Waals surface area contributed by atoms with Crippen LogP contribution in [0.4, 0.5) is 0 Å². The molecule has 2 aliphatic rings. The maximum absolute atomic E-state index is 3.73. The van der Waals surface area contributed by atoms with Gasteiger partial charge in [-0.05, 0) is 56.8 Å². The van der Waals surface area contributed by atoms with Gasteiger partial charge in [-0.15, -0.1) is 12.4 Å². The van der Waals surface area contributed by atoms with E-state index in [4.69, 9.17) is 0 Å². The van der Waals surface area contributed by atoms with Gasteiger partial charge in [0.05, 0.1) is 0 Å². The van der Waals surface area contributed by atoms with Gasteiger partial charge in [-0.1, -0.05) is 30.3 Å². The van der Waals surface area contributed by atoms with Crippen LogP contribution in [0.2, 0.25) is 0 Å². The van der Waals surface area contributed by atoms with Crippen molar-refractivity contribution >= 4 is 12.4 Å². The molecule has 0 aromatic heterocycles. The van der Waals surface area contributed by atoms with E-state index in [-0.39, 0.29) is 12.4 Å². The summed E-state index contributed by atoms with van der Waals surface area (Å²) in [5.41, 5.74) is 1.51. The number of benzene rings is 1. The fraction of sp³-hybridized carbons (Fsp3) is 0.625. The number of piperidine rings is 1. The van der Waals surface area contributed by atoms with Crippen LogP contribution in [0.1, 0.15) is 37.2 Å². The molecule has 1 heterocycles. The van der Waals surface area contributed by atoms with Crippen molar-refractivity contribution in [3.8, 4) is 0 Å². The molecule has 19 heavy (non-hydrogen) atoms. The Hall–Kier alpha value is -0.570. The van der Waals surface area contributed by atoms with Crippen molar-refractivity contribution in [2.45, 2.75) is 37.6 Å². The summed E-state index contributed by atoms with van der Waals surface area (Å²) in [5, 5.41) is 7.17. The molecular weight excluding hydrogens is 256 g/mol. The first kappa shape index (κ1) is 14.8. The number of hydrogen-bond donors (Lipinski definition) is 2. The minimum absolute atomic E-state index is 0. The number of nitrogens with one attached hydrogen (secondary N) is 2. The molecular formula is C16H25ClN2. The third kappa shape index (κ3) is 4.20. The van der Waals surface area contributed by atoms with E-state index >= 15 is 0 Å². The van der Waals surface area contributed by atoms with E-state index in [0.717, 1.165) is 17.9 Å². The molecule has 1 aliphatic carbocycles. The predicted octanol–water partition coefficient (Wildman–Crippen LogP) is 2.94. The molecule has 1 aromatic rings. The Balaban J connectivity index is 0.00000133. The van der Waals surface area contributed by atoms with Crippen molar-refractivity contribution in [3.63, 3.8) is 0 Å². The zero-order valence-electron chi connectivity index (χ0n) is 11.5. The lowest BCUT2D eigenvalue weighted by Gasteiger charge is -2.22. The van der Waals surface area contributed by atoms with Crippen molar-refractivity contribution in [3.05, 3.63) is 35.9 Å². The second-order valence-corrected chi connectivity index (χ2v) is 5.80. The summed E-state index contributed by atoms with van der Waals surface area (Å²) >= 11 is 0. The molecule has 1 aliphatic heterocycles. The fourth-order valence-electron chi connectivity index (χ4n) is 3.13. The van der Waals surface area contributed by atoms with Crippen LogP contribution in [0.5, 0.6) is 0 Å². The quantitative estimate of drug-likeness (QED) is 0.867. The van der Waals surface area contributed by atoms with Gasteiger partial charge in [0, 0.05) is 12.0 Å². The van der Waals surface area contributed by atoms with Gasteiger partial charge in [0.1, 0.15) is 0 Å². The largest absolute Gasteiger partial charge is 0.317 e. The average molecular weight is 281 g/mol. The summed E-state index contributed by atoms with van der Waals surface area (Å²) in [7, 11) is 0. The molecule has 0 radical (unpaired) electrons. The van der Waals surface area contributed by atoms with Gasteiger partial charge in [-0.2, -0.15) is 0 Å². The smallest absolute Gasteiger partial charge is 0.0143 e. The predicted molar refractivity (Wildman–Crippen MR) is 83.0 cm³/mol. The maximum atomic E-state index is 3.73. The van der Waals surface area contributed by atoms with Crippen molar-refractivity contribution in [2.24, 2.45) is 5.92 Å². The standard InChI is InChI=1S/C16H24N2.ClH/c1-2-4-14(5-3-1)15-12-16(15)18-11-8-13-6-9-17-10-7-13;/h1-5,13,15-18H,6-12H2;1H. The molecule has 1 saturated heterocycles. The maximum Gasteiger partial charge on any atom is 0.0143 e. The molecule has 2 nitrogen and oxygen atoms in total. The highest BCUT2D eigenvalue weighted by Gasteiger charge is 2.37. The van der Waals surface area contributed by atoms with Crippen LogP contribution < -0.4 is 10.6 Å². The van der Waals surface area contributed by atoms with E-state index in [1.807, 2.05) is 0 Å². The molecule has 0 amide bonds. The lowest BCUT2D eigenvalue weighted by Crippen LogP contribution is -2.30. The molecule has 3 heteroatoms. The molecule has 2 fully saturated rings. The zero-order chi connectivity index (χ0) is 12.2.